The van der Waals surface area contributed by atoms with Crippen molar-refractivity contribution in [1.82, 2.24) is 30.0 Å². The molecule has 0 unspecified atom stereocenters. The number of aromatic hydroxyl groups is 1. The maximum absolute atomic E-state index is 13.7. The van der Waals surface area contributed by atoms with E-state index >= 15 is 0 Å². The van der Waals surface area contributed by atoms with Crippen LogP contribution in [0.4, 0.5) is 9.18 Å². The molecular weight excluding hydrogens is 547 g/mol. The van der Waals surface area contributed by atoms with E-state index in [2.05, 4.69) is 20.5 Å². The Balaban J connectivity index is 1.40. The van der Waals surface area contributed by atoms with Gasteiger partial charge >= 0.3 is 6.03 Å². The third-order valence-electron chi connectivity index (χ3n) is 7.41. The van der Waals surface area contributed by atoms with Crippen LogP contribution in [0, 0.1) is 5.82 Å². The van der Waals surface area contributed by atoms with E-state index in [-0.39, 0.29) is 37.0 Å². The van der Waals surface area contributed by atoms with Gasteiger partial charge in [-0.1, -0.05) is 12.1 Å². The largest absolute Gasteiger partial charge is 0.505 e. The Bertz CT molecular complexity index is 1470. The van der Waals surface area contributed by atoms with Gasteiger partial charge in [0, 0.05) is 58.6 Å². The number of pyridine rings is 2. The lowest BCUT2D eigenvalue weighted by Crippen LogP contribution is -2.47. The van der Waals surface area contributed by atoms with Crippen LogP contribution in [-0.4, -0.2) is 109 Å². The van der Waals surface area contributed by atoms with Gasteiger partial charge in [-0.25, -0.2) is 9.18 Å². The van der Waals surface area contributed by atoms with Crippen molar-refractivity contribution in [1.29, 1.82) is 0 Å². The minimum atomic E-state index is -0.698. The Kier molecular flexibility index (Phi) is 9.62. The number of fused-ring (bicyclic) bond motifs is 1. The molecule has 224 valence electrons. The topological polar surface area (TPSA) is 138 Å². The average Bonchev–Trinajstić information content (AvgIpc) is 3.01. The van der Waals surface area contributed by atoms with Gasteiger partial charge in [-0.3, -0.25) is 19.5 Å². The molecule has 2 fully saturated rings. The summed E-state index contributed by atoms with van der Waals surface area (Å²) < 4.78 is 25.4. The molecule has 3 aromatic rings. The number of nitrogens with one attached hydrogen (secondary N) is 2. The summed E-state index contributed by atoms with van der Waals surface area (Å²) in [5, 5.41) is 16.6. The van der Waals surface area contributed by atoms with E-state index < -0.39 is 22.8 Å². The molecule has 13 heteroatoms. The van der Waals surface area contributed by atoms with Crippen molar-refractivity contribution in [2.75, 3.05) is 72.2 Å². The molecule has 0 aliphatic carbocycles. The molecule has 3 N–H and O–H groups in total. The normalized spacial score (nSPS) is 16.0. The summed E-state index contributed by atoms with van der Waals surface area (Å²) in [6.07, 6.45) is 1.97. The van der Waals surface area contributed by atoms with Crippen LogP contribution >= 0.6 is 0 Å². The fourth-order valence-electron chi connectivity index (χ4n) is 5.10. The number of benzene rings is 1. The monoisotopic (exact) mass is 582 g/mol. The summed E-state index contributed by atoms with van der Waals surface area (Å²) in [5.74, 6) is -1.54. The predicted molar refractivity (Wildman–Crippen MR) is 152 cm³/mol. The first kappa shape index (κ1) is 29.4. The lowest BCUT2D eigenvalue weighted by Gasteiger charge is -2.27. The smallest absolute Gasteiger partial charge is 0.317 e. The molecule has 0 saturated carbocycles. The highest BCUT2D eigenvalue weighted by Gasteiger charge is 2.24. The van der Waals surface area contributed by atoms with Crippen LogP contribution in [0.15, 0.2) is 41.3 Å². The standard InChI is InChI=1S/C29H35FN6O6/c30-22-3-1-20(2-4-22)17-21-18-23-25(33-19-21)26(37)24(27(38)31-5-7-34-9-13-41-14-10-34)28(39)36(23)8-6-32-29(40)35-11-15-42-16-12-35/h1-4,18-19,37H,5-17H2,(H,31,38)(H,32,40). The van der Waals surface area contributed by atoms with Gasteiger partial charge in [0.25, 0.3) is 11.5 Å². The Morgan fingerprint density at radius 2 is 1.60 bits per heavy atom. The number of hydrogen-bond acceptors (Lipinski definition) is 8. The number of urea groups is 1. The zero-order valence-corrected chi connectivity index (χ0v) is 23.3. The molecule has 0 bridgehead atoms. The highest BCUT2D eigenvalue weighted by molar-refractivity contribution is 6.01. The van der Waals surface area contributed by atoms with Crippen molar-refractivity contribution in [3.63, 3.8) is 0 Å². The molecule has 0 radical (unpaired) electrons. The van der Waals surface area contributed by atoms with E-state index in [0.717, 1.165) is 24.2 Å². The van der Waals surface area contributed by atoms with Gasteiger partial charge in [0.05, 0.1) is 31.9 Å². The molecular formula is C29H35FN6O6. The SMILES string of the molecule is O=C(NCCN1CCOCC1)c1c(O)c2ncc(Cc3ccc(F)cc3)cc2n(CCNC(=O)N2CCOCC2)c1=O. The first-order chi connectivity index (χ1) is 20.4. The van der Waals surface area contributed by atoms with Crippen molar-refractivity contribution in [2.24, 2.45) is 0 Å². The molecule has 0 spiro atoms. The summed E-state index contributed by atoms with van der Waals surface area (Å²) in [6, 6.07) is 7.51. The summed E-state index contributed by atoms with van der Waals surface area (Å²) in [7, 11) is 0. The second-order valence-electron chi connectivity index (χ2n) is 10.2. The third-order valence-corrected chi connectivity index (χ3v) is 7.41. The van der Waals surface area contributed by atoms with Crippen LogP contribution in [0.1, 0.15) is 21.5 Å². The van der Waals surface area contributed by atoms with Crippen molar-refractivity contribution in [3.8, 4) is 5.75 Å². The van der Waals surface area contributed by atoms with Crippen molar-refractivity contribution >= 4 is 23.0 Å². The first-order valence-corrected chi connectivity index (χ1v) is 14.1. The fourth-order valence-corrected chi connectivity index (χ4v) is 5.10. The van der Waals surface area contributed by atoms with Crippen LogP contribution in [0.25, 0.3) is 11.0 Å². The molecule has 3 amide bonds. The van der Waals surface area contributed by atoms with Crippen LogP contribution in [0.5, 0.6) is 5.75 Å². The molecule has 12 nitrogen and oxygen atoms in total. The number of halogens is 1. The van der Waals surface area contributed by atoms with E-state index in [0.29, 0.717) is 58.0 Å². The molecule has 42 heavy (non-hydrogen) atoms. The van der Waals surface area contributed by atoms with Gasteiger partial charge in [0.1, 0.15) is 16.9 Å². The minimum absolute atomic E-state index is 0.0431. The summed E-state index contributed by atoms with van der Waals surface area (Å²) in [6.45, 7) is 5.64. The molecule has 1 aromatic carbocycles. The number of carbonyl (C=O) groups excluding carboxylic acids is 2. The fraction of sp³-hybridized carbons (Fsp3) is 0.448. The Morgan fingerprint density at radius 3 is 2.31 bits per heavy atom. The molecule has 2 aliphatic rings. The van der Waals surface area contributed by atoms with E-state index in [1.54, 1.807) is 29.3 Å². The van der Waals surface area contributed by atoms with E-state index in [1.807, 2.05) is 0 Å². The number of carbonyl (C=O) groups is 2. The van der Waals surface area contributed by atoms with Gasteiger partial charge < -0.3 is 34.7 Å². The van der Waals surface area contributed by atoms with Gasteiger partial charge in [0.15, 0.2) is 5.75 Å². The minimum Gasteiger partial charge on any atom is -0.505 e. The lowest BCUT2D eigenvalue weighted by molar-refractivity contribution is 0.0383. The zero-order chi connectivity index (χ0) is 29.5. The summed E-state index contributed by atoms with van der Waals surface area (Å²) in [4.78, 5) is 47.7. The van der Waals surface area contributed by atoms with Gasteiger partial charge in [-0.05, 0) is 35.7 Å². The summed E-state index contributed by atoms with van der Waals surface area (Å²) in [5.41, 5.74) is 0.886. The van der Waals surface area contributed by atoms with Crippen molar-refractivity contribution in [2.45, 2.75) is 13.0 Å². The van der Waals surface area contributed by atoms with Crippen molar-refractivity contribution < 1.29 is 28.6 Å². The number of hydrogen-bond donors (Lipinski definition) is 3. The maximum Gasteiger partial charge on any atom is 0.317 e. The van der Waals surface area contributed by atoms with Crippen LogP contribution in [0.2, 0.25) is 0 Å². The third kappa shape index (κ3) is 7.04. The van der Waals surface area contributed by atoms with E-state index in [9.17, 15) is 23.9 Å². The van der Waals surface area contributed by atoms with Gasteiger partial charge in [-0.2, -0.15) is 0 Å². The van der Waals surface area contributed by atoms with Crippen LogP contribution in [0.3, 0.4) is 0 Å². The second kappa shape index (κ2) is 13.7. The highest BCUT2D eigenvalue weighted by Crippen LogP contribution is 2.26. The first-order valence-electron chi connectivity index (χ1n) is 14.1. The van der Waals surface area contributed by atoms with Gasteiger partial charge in [-0.15, -0.1) is 0 Å². The average molecular weight is 583 g/mol. The molecule has 0 atom stereocenters. The number of amides is 3. The number of ether oxygens (including phenoxy) is 2. The van der Waals surface area contributed by atoms with Crippen LogP contribution < -0.4 is 16.2 Å². The van der Waals surface area contributed by atoms with Crippen LogP contribution in [-0.2, 0) is 22.4 Å². The van der Waals surface area contributed by atoms with Gasteiger partial charge in [0.2, 0.25) is 0 Å². The number of aromatic nitrogens is 2. The lowest BCUT2D eigenvalue weighted by atomic mass is 10.1. The number of rotatable bonds is 9. The Hall–Kier alpha value is -4.07. The molecule has 2 aromatic heterocycles. The predicted octanol–water partition coefficient (Wildman–Crippen LogP) is 0.936. The number of nitrogens with zero attached hydrogens (tertiary/aromatic N) is 4. The molecule has 2 aliphatic heterocycles. The second-order valence-corrected chi connectivity index (χ2v) is 10.2. The zero-order valence-electron chi connectivity index (χ0n) is 23.3. The number of morpholine rings is 2. The molecule has 5 rings (SSSR count). The molecule has 4 heterocycles. The van der Waals surface area contributed by atoms with E-state index in [1.165, 1.54) is 16.7 Å². The Morgan fingerprint density at radius 1 is 0.929 bits per heavy atom. The maximum atomic E-state index is 13.7. The quantitative estimate of drug-likeness (QED) is 0.339. The summed E-state index contributed by atoms with van der Waals surface area (Å²) >= 11 is 0. The highest BCUT2D eigenvalue weighted by atomic mass is 19.1. The Labute approximate surface area is 242 Å². The van der Waals surface area contributed by atoms with Crippen molar-refractivity contribution in [3.05, 3.63) is 69.4 Å². The molecule has 2 saturated heterocycles. The van der Waals surface area contributed by atoms with E-state index in [4.69, 9.17) is 9.47 Å².